The number of fused-ring (bicyclic) bond motifs is 2. The van der Waals surface area contributed by atoms with E-state index in [9.17, 15) is 14.4 Å². The maximum atomic E-state index is 13.3. The molecule has 1 aliphatic rings. The number of hydrogen-bond donors (Lipinski definition) is 1. The van der Waals surface area contributed by atoms with E-state index in [1.165, 1.54) is 23.8 Å². The summed E-state index contributed by atoms with van der Waals surface area (Å²) in [5, 5.41) is 3.27. The molecule has 8 nitrogen and oxygen atoms in total. The summed E-state index contributed by atoms with van der Waals surface area (Å²) in [6.45, 7) is 3.47. The molecule has 0 saturated carbocycles. The minimum absolute atomic E-state index is 0.219. The maximum Gasteiger partial charge on any atom is 0.341 e. The smallest absolute Gasteiger partial charge is 0.341 e. The third-order valence-electron chi connectivity index (χ3n) is 7.58. The number of oxazole rings is 1. The SMILES string of the molecule is CCOC(=O)c1c(NC(=O)C(C)OC(=O)c2ccccc2-c2nc3ccccc3o2)sc2c1CCC(c1ccccc1)C2. The fraction of sp³-hybridized carbons (Fsp3) is 0.235. The molecule has 0 saturated heterocycles. The maximum absolute atomic E-state index is 13.3. The van der Waals surface area contributed by atoms with Crippen LogP contribution in [0.4, 0.5) is 5.00 Å². The van der Waals surface area contributed by atoms with Crippen LogP contribution in [0.3, 0.4) is 0 Å². The lowest BCUT2D eigenvalue weighted by atomic mass is 9.83. The number of aromatic nitrogens is 1. The molecule has 2 heterocycles. The topological polar surface area (TPSA) is 108 Å². The Morgan fingerprint density at radius 1 is 1.00 bits per heavy atom. The van der Waals surface area contributed by atoms with E-state index < -0.39 is 23.9 Å². The highest BCUT2D eigenvalue weighted by molar-refractivity contribution is 7.17. The van der Waals surface area contributed by atoms with Gasteiger partial charge in [0, 0.05) is 4.88 Å². The molecule has 0 bridgehead atoms. The Kier molecular flexibility index (Phi) is 8.07. The quantitative estimate of drug-likeness (QED) is 0.190. The molecule has 0 spiro atoms. The molecule has 1 aliphatic carbocycles. The molecule has 6 rings (SSSR count). The van der Waals surface area contributed by atoms with Gasteiger partial charge in [0.25, 0.3) is 5.91 Å². The lowest BCUT2D eigenvalue weighted by molar-refractivity contribution is -0.123. The highest BCUT2D eigenvalue weighted by Crippen LogP contribution is 2.43. The molecule has 0 radical (unpaired) electrons. The van der Waals surface area contributed by atoms with Crippen molar-refractivity contribution in [2.45, 2.75) is 45.1 Å². The van der Waals surface area contributed by atoms with Gasteiger partial charge >= 0.3 is 11.9 Å². The fourth-order valence-electron chi connectivity index (χ4n) is 5.43. The molecular weight excluding hydrogens is 564 g/mol. The van der Waals surface area contributed by atoms with Gasteiger partial charge in [-0.15, -0.1) is 11.3 Å². The molecular formula is C34H30N2O6S. The molecule has 0 aliphatic heterocycles. The van der Waals surface area contributed by atoms with Crippen molar-refractivity contribution >= 4 is 45.3 Å². The van der Waals surface area contributed by atoms with E-state index in [0.717, 1.165) is 23.3 Å². The second-order valence-electron chi connectivity index (χ2n) is 10.3. The molecule has 218 valence electrons. The van der Waals surface area contributed by atoms with Crippen molar-refractivity contribution < 1.29 is 28.3 Å². The first-order valence-electron chi connectivity index (χ1n) is 14.3. The summed E-state index contributed by atoms with van der Waals surface area (Å²) in [6.07, 6.45) is 1.22. The summed E-state index contributed by atoms with van der Waals surface area (Å²) in [5.74, 6) is -1.10. The molecule has 2 aromatic heterocycles. The van der Waals surface area contributed by atoms with E-state index in [0.29, 0.717) is 39.6 Å². The number of esters is 2. The number of amides is 1. The van der Waals surface area contributed by atoms with Crippen molar-refractivity contribution in [1.29, 1.82) is 0 Å². The number of thiophene rings is 1. The van der Waals surface area contributed by atoms with Crippen LogP contribution in [0.5, 0.6) is 0 Å². The summed E-state index contributed by atoms with van der Waals surface area (Å²) in [6, 6.07) is 24.4. The highest BCUT2D eigenvalue weighted by Gasteiger charge is 2.32. The van der Waals surface area contributed by atoms with Crippen molar-refractivity contribution in [1.82, 2.24) is 4.98 Å². The van der Waals surface area contributed by atoms with Crippen LogP contribution in [0.2, 0.25) is 0 Å². The van der Waals surface area contributed by atoms with Crippen LogP contribution >= 0.6 is 11.3 Å². The first-order chi connectivity index (χ1) is 20.9. The Morgan fingerprint density at radius 3 is 2.53 bits per heavy atom. The van der Waals surface area contributed by atoms with Gasteiger partial charge in [0.1, 0.15) is 10.5 Å². The van der Waals surface area contributed by atoms with Crippen molar-refractivity contribution in [3.8, 4) is 11.5 Å². The number of anilines is 1. The fourth-order valence-corrected chi connectivity index (χ4v) is 6.75. The van der Waals surface area contributed by atoms with Gasteiger partial charge in [-0.3, -0.25) is 4.79 Å². The molecule has 2 unspecified atom stereocenters. The number of ether oxygens (including phenoxy) is 2. The van der Waals surface area contributed by atoms with Crippen LogP contribution in [0.25, 0.3) is 22.6 Å². The number of para-hydroxylation sites is 2. The molecule has 2 atom stereocenters. The summed E-state index contributed by atoms with van der Waals surface area (Å²) in [7, 11) is 0. The van der Waals surface area contributed by atoms with Crippen LogP contribution < -0.4 is 5.32 Å². The normalized spacial score (nSPS) is 15.0. The van der Waals surface area contributed by atoms with Crippen molar-refractivity contribution in [3.05, 3.63) is 106 Å². The van der Waals surface area contributed by atoms with E-state index >= 15 is 0 Å². The number of benzene rings is 3. The Morgan fingerprint density at radius 2 is 1.74 bits per heavy atom. The predicted octanol–water partition coefficient (Wildman–Crippen LogP) is 7.19. The van der Waals surface area contributed by atoms with Crippen molar-refractivity contribution in [2.75, 3.05) is 11.9 Å². The molecule has 0 fully saturated rings. The zero-order valence-electron chi connectivity index (χ0n) is 23.8. The Bertz CT molecular complexity index is 1780. The lowest BCUT2D eigenvalue weighted by Crippen LogP contribution is -2.30. The van der Waals surface area contributed by atoms with Gasteiger partial charge in [-0.05, 0) is 74.4 Å². The van der Waals surface area contributed by atoms with Gasteiger partial charge in [0.2, 0.25) is 5.89 Å². The van der Waals surface area contributed by atoms with Crippen LogP contribution in [0.1, 0.15) is 62.9 Å². The van der Waals surface area contributed by atoms with E-state index in [1.807, 2.05) is 36.4 Å². The Labute approximate surface area is 252 Å². The largest absolute Gasteiger partial charge is 0.462 e. The highest BCUT2D eigenvalue weighted by atomic mass is 32.1. The zero-order chi connectivity index (χ0) is 29.9. The van der Waals surface area contributed by atoms with Crippen LogP contribution in [0.15, 0.2) is 83.3 Å². The average Bonchev–Trinajstić information content (AvgIpc) is 3.62. The molecule has 9 heteroatoms. The van der Waals surface area contributed by atoms with E-state index in [-0.39, 0.29) is 18.1 Å². The van der Waals surface area contributed by atoms with Crippen LogP contribution in [-0.4, -0.2) is 35.5 Å². The molecule has 1 amide bonds. The van der Waals surface area contributed by atoms with Gasteiger partial charge in [-0.1, -0.05) is 54.6 Å². The van der Waals surface area contributed by atoms with Crippen molar-refractivity contribution in [2.24, 2.45) is 0 Å². The van der Waals surface area contributed by atoms with Gasteiger partial charge in [-0.2, -0.15) is 0 Å². The predicted molar refractivity (Wildman–Crippen MR) is 164 cm³/mol. The van der Waals surface area contributed by atoms with Gasteiger partial charge in [0.05, 0.1) is 23.3 Å². The average molecular weight is 595 g/mol. The first-order valence-corrected chi connectivity index (χ1v) is 15.1. The third kappa shape index (κ3) is 5.81. The van der Waals surface area contributed by atoms with Crippen molar-refractivity contribution in [3.63, 3.8) is 0 Å². The number of nitrogens with zero attached hydrogens (tertiary/aromatic N) is 1. The van der Waals surface area contributed by atoms with Crippen LogP contribution in [0, 0.1) is 0 Å². The van der Waals surface area contributed by atoms with Gasteiger partial charge in [0.15, 0.2) is 11.7 Å². The number of nitrogens with one attached hydrogen (secondary N) is 1. The minimum atomic E-state index is -1.14. The number of hydrogen-bond acceptors (Lipinski definition) is 8. The Balaban J connectivity index is 1.21. The number of carbonyl (C=O) groups is 3. The summed E-state index contributed by atoms with van der Waals surface area (Å²) in [5.41, 5.74) is 4.51. The molecule has 5 aromatic rings. The van der Waals surface area contributed by atoms with Crippen LogP contribution in [-0.2, 0) is 27.1 Å². The second kappa shape index (κ2) is 12.2. The van der Waals surface area contributed by atoms with E-state index in [4.69, 9.17) is 13.9 Å². The first kappa shape index (κ1) is 28.4. The van der Waals surface area contributed by atoms with Gasteiger partial charge < -0.3 is 19.2 Å². The van der Waals surface area contributed by atoms with E-state index in [1.54, 1.807) is 37.3 Å². The van der Waals surface area contributed by atoms with Gasteiger partial charge in [-0.25, -0.2) is 14.6 Å². The molecule has 43 heavy (non-hydrogen) atoms. The Hall–Kier alpha value is -4.76. The minimum Gasteiger partial charge on any atom is -0.462 e. The monoisotopic (exact) mass is 594 g/mol. The summed E-state index contributed by atoms with van der Waals surface area (Å²) in [4.78, 5) is 45.2. The standard InChI is InChI=1S/C34H30N2O6S/c1-3-40-34(39)29-25-18-17-22(21-11-5-4-6-12-21)19-28(25)43-32(29)36-30(37)20(2)41-33(38)24-14-8-7-13-23(24)31-35-26-15-9-10-16-27(26)42-31/h4-16,20,22H,3,17-19H2,1-2H3,(H,36,37). The summed E-state index contributed by atoms with van der Waals surface area (Å²) >= 11 is 1.38. The summed E-state index contributed by atoms with van der Waals surface area (Å²) < 4.78 is 16.8. The lowest BCUT2D eigenvalue weighted by Gasteiger charge is -2.23. The zero-order valence-corrected chi connectivity index (χ0v) is 24.6. The second-order valence-corrected chi connectivity index (χ2v) is 11.5. The third-order valence-corrected chi connectivity index (χ3v) is 8.75. The molecule has 1 N–H and O–H groups in total. The number of rotatable bonds is 8. The van der Waals surface area contributed by atoms with E-state index in [2.05, 4.69) is 22.4 Å². The molecule has 3 aromatic carbocycles. The number of carbonyl (C=O) groups excluding carboxylic acids is 3.